The van der Waals surface area contributed by atoms with E-state index in [1.807, 2.05) is 6.07 Å². The Bertz CT molecular complexity index is 387. The van der Waals surface area contributed by atoms with E-state index < -0.39 is 0 Å². The predicted molar refractivity (Wildman–Crippen MR) is 74.5 cm³/mol. The normalized spacial score (nSPS) is 18.1. The number of phenols is 1. The third kappa shape index (κ3) is 3.37. The minimum Gasteiger partial charge on any atom is -0.508 e. The van der Waals surface area contributed by atoms with Gasteiger partial charge in [-0.05, 0) is 31.2 Å². The summed E-state index contributed by atoms with van der Waals surface area (Å²) in [6.07, 6.45) is 1.22. The third-order valence-corrected chi connectivity index (χ3v) is 3.50. The van der Waals surface area contributed by atoms with Crippen LogP contribution in [0.2, 0.25) is 0 Å². The highest BCUT2D eigenvalue weighted by Crippen LogP contribution is 2.21. The number of aromatic hydroxyl groups is 1. The van der Waals surface area contributed by atoms with Gasteiger partial charge in [-0.3, -0.25) is 4.90 Å². The largest absolute Gasteiger partial charge is 0.508 e. The second-order valence-electron chi connectivity index (χ2n) is 5.01. The Kier molecular flexibility index (Phi) is 4.44. The fraction of sp³-hybridized carbons (Fsp3) is 0.571. The SMILES string of the molecule is CCCN1CCN(Cc2cc(N)ccc2O)CC1. The summed E-state index contributed by atoms with van der Waals surface area (Å²) in [4.78, 5) is 4.87. The standard InChI is InChI=1S/C14H23N3O/c1-2-5-16-6-8-17(9-7-16)11-12-10-13(15)3-4-14(12)18/h3-4,10,18H,2,5-9,11,15H2,1H3. The van der Waals surface area contributed by atoms with Crippen molar-refractivity contribution in [2.24, 2.45) is 0 Å². The van der Waals surface area contributed by atoms with Gasteiger partial charge in [-0.15, -0.1) is 0 Å². The number of anilines is 1. The van der Waals surface area contributed by atoms with Crippen LogP contribution in [0, 0.1) is 0 Å². The molecule has 1 aliphatic rings. The van der Waals surface area contributed by atoms with Gasteiger partial charge in [-0.25, -0.2) is 0 Å². The van der Waals surface area contributed by atoms with E-state index in [1.165, 1.54) is 13.0 Å². The topological polar surface area (TPSA) is 52.7 Å². The van der Waals surface area contributed by atoms with Crippen molar-refractivity contribution in [3.63, 3.8) is 0 Å². The van der Waals surface area contributed by atoms with E-state index in [0.29, 0.717) is 11.4 Å². The number of nitrogen functional groups attached to an aromatic ring is 1. The number of phenolic OH excluding ortho intramolecular Hbond substituents is 1. The van der Waals surface area contributed by atoms with Crippen molar-refractivity contribution in [2.75, 3.05) is 38.5 Å². The van der Waals surface area contributed by atoms with Crippen LogP contribution in [0.1, 0.15) is 18.9 Å². The molecule has 0 aliphatic carbocycles. The summed E-state index contributed by atoms with van der Waals surface area (Å²) in [7, 11) is 0. The minimum absolute atomic E-state index is 0.347. The van der Waals surface area contributed by atoms with Crippen LogP contribution in [-0.4, -0.2) is 47.6 Å². The van der Waals surface area contributed by atoms with Gasteiger partial charge in [-0.1, -0.05) is 6.92 Å². The molecule has 1 saturated heterocycles. The zero-order valence-corrected chi connectivity index (χ0v) is 11.1. The molecular weight excluding hydrogens is 226 g/mol. The fourth-order valence-electron chi connectivity index (χ4n) is 2.46. The van der Waals surface area contributed by atoms with Crippen LogP contribution in [-0.2, 0) is 6.54 Å². The van der Waals surface area contributed by atoms with Crippen LogP contribution in [0.4, 0.5) is 5.69 Å². The average Bonchev–Trinajstić information content (AvgIpc) is 2.37. The number of piperazine rings is 1. The lowest BCUT2D eigenvalue weighted by Crippen LogP contribution is -2.45. The van der Waals surface area contributed by atoms with Crippen LogP contribution in [0.15, 0.2) is 18.2 Å². The van der Waals surface area contributed by atoms with Gasteiger partial charge in [0.1, 0.15) is 5.75 Å². The molecule has 18 heavy (non-hydrogen) atoms. The van der Waals surface area contributed by atoms with Crippen molar-refractivity contribution in [3.8, 4) is 5.75 Å². The first-order valence-corrected chi connectivity index (χ1v) is 6.71. The van der Waals surface area contributed by atoms with Gasteiger partial charge in [0.05, 0.1) is 0 Å². The van der Waals surface area contributed by atoms with E-state index in [1.54, 1.807) is 12.1 Å². The molecule has 100 valence electrons. The predicted octanol–water partition coefficient (Wildman–Crippen LogP) is 1.50. The summed E-state index contributed by atoms with van der Waals surface area (Å²) in [5.41, 5.74) is 7.40. The maximum atomic E-state index is 9.81. The van der Waals surface area contributed by atoms with E-state index in [4.69, 9.17) is 5.73 Å². The Hall–Kier alpha value is -1.26. The summed E-state index contributed by atoms with van der Waals surface area (Å²) < 4.78 is 0. The smallest absolute Gasteiger partial charge is 0.120 e. The molecule has 0 saturated carbocycles. The van der Waals surface area contributed by atoms with E-state index in [0.717, 1.165) is 38.3 Å². The number of rotatable bonds is 4. The first kappa shape index (κ1) is 13.2. The van der Waals surface area contributed by atoms with Gasteiger partial charge >= 0.3 is 0 Å². The molecule has 1 fully saturated rings. The van der Waals surface area contributed by atoms with Crippen molar-refractivity contribution in [3.05, 3.63) is 23.8 Å². The highest BCUT2D eigenvalue weighted by atomic mass is 16.3. The summed E-state index contributed by atoms with van der Waals surface area (Å²) in [6, 6.07) is 5.28. The average molecular weight is 249 g/mol. The van der Waals surface area contributed by atoms with Crippen LogP contribution in [0.3, 0.4) is 0 Å². The Morgan fingerprint density at radius 1 is 1.17 bits per heavy atom. The van der Waals surface area contributed by atoms with Crippen LogP contribution in [0.5, 0.6) is 5.75 Å². The van der Waals surface area contributed by atoms with Crippen molar-refractivity contribution in [1.29, 1.82) is 0 Å². The number of benzene rings is 1. The van der Waals surface area contributed by atoms with Crippen LogP contribution in [0.25, 0.3) is 0 Å². The van der Waals surface area contributed by atoms with Gasteiger partial charge in [0.2, 0.25) is 0 Å². The maximum Gasteiger partial charge on any atom is 0.120 e. The molecule has 2 rings (SSSR count). The van der Waals surface area contributed by atoms with Gasteiger partial charge in [0.15, 0.2) is 0 Å². The summed E-state index contributed by atoms with van der Waals surface area (Å²) >= 11 is 0. The van der Waals surface area contributed by atoms with Gasteiger partial charge < -0.3 is 15.7 Å². The zero-order valence-electron chi connectivity index (χ0n) is 11.1. The Labute approximate surface area is 109 Å². The van der Waals surface area contributed by atoms with E-state index in [-0.39, 0.29) is 0 Å². The lowest BCUT2D eigenvalue weighted by molar-refractivity contribution is 0.126. The molecule has 0 atom stereocenters. The second-order valence-corrected chi connectivity index (χ2v) is 5.01. The molecule has 0 amide bonds. The molecular formula is C14H23N3O. The molecule has 4 heteroatoms. The fourth-order valence-corrected chi connectivity index (χ4v) is 2.46. The third-order valence-electron chi connectivity index (χ3n) is 3.50. The maximum absolute atomic E-state index is 9.81. The number of hydrogen-bond acceptors (Lipinski definition) is 4. The highest BCUT2D eigenvalue weighted by Gasteiger charge is 2.17. The van der Waals surface area contributed by atoms with Crippen molar-refractivity contribution >= 4 is 5.69 Å². The van der Waals surface area contributed by atoms with Crippen molar-refractivity contribution in [1.82, 2.24) is 9.80 Å². The molecule has 0 unspecified atom stereocenters. The van der Waals surface area contributed by atoms with Gasteiger partial charge in [0, 0.05) is 44.0 Å². The molecule has 3 N–H and O–H groups in total. The molecule has 1 aliphatic heterocycles. The monoisotopic (exact) mass is 249 g/mol. The zero-order chi connectivity index (χ0) is 13.0. The van der Waals surface area contributed by atoms with Crippen LogP contribution >= 0.6 is 0 Å². The summed E-state index contributed by atoms with van der Waals surface area (Å²) in [5, 5.41) is 9.81. The molecule has 1 aromatic rings. The molecule has 0 bridgehead atoms. The minimum atomic E-state index is 0.347. The lowest BCUT2D eigenvalue weighted by Gasteiger charge is -2.34. The van der Waals surface area contributed by atoms with E-state index in [9.17, 15) is 5.11 Å². The van der Waals surface area contributed by atoms with Gasteiger partial charge in [-0.2, -0.15) is 0 Å². The van der Waals surface area contributed by atoms with E-state index in [2.05, 4.69) is 16.7 Å². The number of nitrogens with zero attached hydrogens (tertiary/aromatic N) is 2. The number of hydrogen-bond donors (Lipinski definition) is 2. The van der Waals surface area contributed by atoms with Gasteiger partial charge in [0.25, 0.3) is 0 Å². The Morgan fingerprint density at radius 3 is 2.50 bits per heavy atom. The molecule has 0 spiro atoms. The number of nitrogens with two attached hydrogens (primary N) is 1. The Morgan fingerprint density at radius 2 is 1.83 bits per heavy atom. The molecule has 0 radical (unpaired) electrons. The highest BCUT2D eigenvalue weighted by molar-refractivity contribution is 5.47. The first-order valence-electron chi connectivity index (χ1n) is 6.71. The molecule has 1 heterocycles. The molecule has 0 aromatic heterocycles. The summed E-state index contributed by atoms with van der Waals surface area (Å²) in [6.45, 7) is 8.57. The van der Waals surface area contributed by atoms with Crippen molar-refractivity contribution in [2.45, 2.75) is 19.9 Å². The van der Waals surface area contributed by atoms with Crippen molar-refractivity contribution < 1.29 is 5.11 Å². The molecule has 1 aromatic carbocycles. The molecule has 4 nitrogen and oxygen atoms in total. The lowest BCUT2D eigenvalue weighted by atomic mass is 10.1. The summed E-state index contributed by atoms with van der Waals surface area (Å²) in [5.74, 6) is 0.347. The first-order chi connectivity index (χ1) is 8.69. The van der Waals surface area contributed by atoms with E-state index >= 15 is 0 Å². The van der Waals surface area contributed by atoms with Crippen LogP contribution < -0.4 is 5.73 Å². The quantitative estimate of drug-likeness (QED) is 0.627. The second kappa shape index (κ2) is 6.07. The Balaban J connectivity index is 1.89.